The number of hydrogen-bond donors (Lipinski definition) is 4. The van der Waals surface area contributed by atoms with Gasteiger partial charge in [-0.1, -0.05) is 0 Å². The summed E-state index contributed by atoms with van der Waals surface area (Å²) in [6.07, 6.45) is 0. The van der Waals surface area contributed by atoms with Crippen molar-refractivity contribution in [1.29, 1.82) is 0 Å². The minimum atomic E-state index is -5.05. The molecule has 0 saturated carbocycles. The molecule has 0 unspecified atom stereocenters. The second-order valence-corrected chi connectivity index (χ2v) is 3.68. The van der Waals surface area contributed by atoms with E-state index in [0.717, 1.165) is 0 Å². The van der Waals surface area contributed by atoms with Gasteiger partial charge in [-0.3, -0.25) is 0 Å². The molecule has 4 N–H and O–H groups in total. The van der Waals surface area contributed by atoms with Gasteiger partial charge in [-0.25, -0.2) is 9.13 Å². The van der Waals surface area contributed by atoms with E-state index < -0.39 is 15.6 Å². The van der Waals surface area contributed by atoms with Crippen LogP contribution in [-0.2, 0) is 13.4 Å². The molecule has 12 heavy (non-hydrogen) atoms. The van der Waals surface area contributed by atoms with Gasteiger partial charge in [0, 0.05) is 88.7 Å². The van der Waals surface area contributed by atoms with Crippen molar-refractivity contribution >= 4 is 104 Å². The zero-order valence-corrected chi connectivity index (χ0v) is 14.7. The van der Waals surface area contributed by atoms with Crippen LogP contribution in [0.15, 0.2) is 0 Å². The predicted octanol–water partition coefficient (Wildman–Crippen LogP) is -1.95. The molecule has 0 bridgehead atoms. The Morgan fingerprint density at radius 3 is 0.917 bits per heavy atom. The van der Waals surface area contributed by atoms with E-state index in [0.29, 0.717) is 0 Å². The molecule has 0 aromatic heterocycles. The molecule has 7 nitrogen and oxygen atoms in total. The van der Waals surface area contributed by atoms with Crippen LogP contribution >= 0.6 is 15.6 Å². The van der Waals surface area contributed by atoms with Crippen molar-refractivity contribution in [3.8, 4) is 0 Å². The van der Waals surface area contributed by atoms with E-state index in [4.69, 9.17) is 19.6 Å². The van der Waals surface area contributed by atoms with Crippen LogP contribution in [0.25, 0.3) is 0 Å². The molecular formula is H4Na3O7P2. The Morgan fingerprint density at radius 2 is 0.917 bits per heavy atom. The third-order valence-corrected chi connectivity index (χ3v) is 1.91. The van der Waals surface area contributed by atoms with Crippen LogP contribution in [0.2, 0.25) is 0 Å². The number of hydrogen-bond acceptors (Lipinski definition) is 3. The van der Waals surface area contributed by atoms with Crippen molar-refractivity contribution in [3.05, 3.63) is 0 Å². The Morgan fingerprint density at radius 1 is 0.750 bits per heavy atom. The normalized spacial score (nSPS) is 10.3. The summed E-state index contributed by atoms with van der Waals surface area (Å²) in [7, 11) is -10.1. The molecule has 0 amide bonds. The van der Waals surface area contributed by atoms with Crippen LogP contribution < -0.4 is 0 Å². The largest absolute Gasteiger partial charge is 0.478 e. The van der Waals surface area contributed by atoms with Crippen molar-refractivity contribution in [2.75, 3.05) is 0 Å². The molecule has 59 valence electrons. The Kier molecular flexibility index (Phi) is 19.3. The molecule has 0 aromatic rings. The SMILES string of the molecule is O=P(O)(O)OP(=O)(O)O.[Na].[Na].[Na]. The van der Waals surface area contributed by atoms with Gasteiger partial charge < -0.3 is 19.6 Å². The first-order chi connectivity index (χ1) is 3.71. The summed E-state index contributed by atoms with van der Waals surface area (Å²) in [5.74, 6) is 0. The summed E-state index contributed by atoms with van der Waals surface area (Å²) in [6, 6.07) is 0. The Bertz CT molecular complexity index is 157. The monoisotopic (exact) mass is 247 g/mol. The zero-order chi connectivity index (χ0) is 7.71. The molecule has 0 spiro atoms. The molecule has 0 aliphatic rings. The van der Waals surface area contributed by atoms with Gasteiger partial charge >= 0.3 is 15.6 Å². The third-order valence-electron chi connectivity index (χ3n) is 0.213. The van der Waals surface area contributed by atoms with Gasteiger partial charge in [-0.15, -0.1) is 0 Å². The Hall–Kier alpha value is 3.26. The van der Waals surface area contributed by atoms with Gasteiger partial charge in [0.2, 0.25) is 0 Å². The molecule has 0 saturated heterocycles. The fraction of sp³-hybridized carbons (Fsp3) is 0. The average molecular weight is 247 g/mol. The molecule has 0 aliphatic heterocycles. The quantitative estimate of drug-likeness (QED) is 0.330. The fourth-order valence-electron chi connectivity index (χ4n) is 0.139. The van der Waals surface area contributed by atoms with Crippen LogP contribution in [0.1, 0.15) is 0 Å². The minimum absolute atomic E-state index is 0. The minimum Gasteiger partial charge on any atom is -0.302 e. The second-order valence-electron chi connectivity index (χ2n) is 1.06. The summed E-state index contributed by atoms with van der Waals surface area (Å²) in [5, 5.41) is 0. The van der Waals surface area contributed by atoms with Gasteiger partial charge in [-0.2, -0.15) is 4.31 Å². The standard InChI is InChI=1S/3Na.H4O7P2/c;;;1-8(2,3)7-9(4,5)6/h;;;(H2,1,2,3)(H2,4,5,6). The van der Waals surface area contributed by atoms with Gasteiger partial charge in [0.1, 0.15) is 0 Å². The summed E-state index contributed by atoms with van der Waals surface area (Å²) in [6.45, 7) is 0. The van der Waals surface area contributed by atoms with E-state index in [9.17, 15) is 9.13 Å². The smallest absolute Gasteiger partial charge is 0.302 e. The summed E-state index contributed by atoms with van der Waals surface area (Å²) < 4.78 is 22.2. The Balaban J connectivity index is -0.000000107. The first-order valence-corrected chi connectivity index (χ1v) is 4.59. The molecule has 0 atom stereocenters. The van der Waals surface area contributed by atoms with Crippen molar-refractivity contribution in [2.24, 2.45) is 0 Å². The van der Waals surface area contributed by atoms with E-state index in [2.05, 4.69) is 4.31 Å². The number of rotatable bonds is 2. The first kappa shape index (κ1) is 24.5. The maximum absolute atomic E-state index is 9.63. The number of phosphoric acid groups is 2. The second kappa shape index (κ2) is 9.48. The van der Waals surface area contributed by atoms with E-state index >= 15 is 0 Å². The van der Waals surface area contributed by atoms with Crippen molar-refractivity contribution in [2.45, 2.75) is 0 Å². The van der Waals surface area contributed by atoms with Crippen molar-refractivity contribution in [1.82, 2.24) is 0 Å². The Labute approximate surface area is 135 Å². The van der Waals surface area contributed by atoms with E-state index in [-0.39, 0.29) is 88.7 Å². The fourth-order valence-corrected chi connectivity index (χ4v) is 1.25. The van der Waals surface area contributed by atoms with E-state index in [1.165, 1.54) is 0 Å². The summed E-state index contributed by atoms with van der Waals surface area (Å²) >= 11 is 0. The molecule has 0 aromatic carbocycles. The molecule has 0 rings (SSSR count). The van der Waals surface area contributed by atoms with Crippen molar-refractivity contribution in [3.63, 3.8) is 0 Å². The van der Waals surface area contributed by atoms with Gasteiger partial charge in [-0.05, 0) is 0 Å². The first-order valence-electron chi connectivity index (χ1n) is 1.53. The van der Waals surface area contributed by atoms with Gasteiger partial charge in [0.05, 0.1) is 0 Å². The van der Waals surface area contributed by atoms with Crippen LogP contribution in [0, 0.1) is 0 Å². The maximum Gasteiger partial charge on any atom is 0.478 e. The van der Waals surface area contributed by atoms with Gasteiger partial charge in [0.15, 0.2) is 0 Å². The van der Waals surface area contributed by atoms with Crippen LogP contribution in [0.4, 0.5) is 0 Å². The molecular weight excluding hydrogens is 243 g/mol. The summed E-state index contributed by atoms with van der Waals surface area (Å²) in [4.78, 5) is 31.0. The molecule has 12 heteroatoms. The molecule has 3 radical (unpaired) electrons. The van der Waals surface area contributed by atoms with Crippen LogP contribution in [0.5, 0.6) is 0 Å². The zero-order valence-electron chi connectivity index (χ0n) is 6.91. The summed E-state index contributed by atoms with van der Waals surface area (Å²) in [5.41, 5.74) is 0. The molecule has 0 heterocycles. The van der Waals surface area contributed by atoms with Gasteiger partial charge in [0.25, 0.3) is 0 Å². The predicted molar refractivity (Wildman–Crippen MR) is 42.4 cm³/mol. The molecule has 0 fully saturated rings. The van der Waals surface area contributed by atoms with Crippen molar-refractivity contribution < 1.29 is 33.0 Å². The third kappa shape index (κ3) is 23.2. The van der Waals surface area contributed by atoms with E-state index in [1.807, 2.05) is 0 Å². The van der Waals surface area contributed by atoms with Crippen LogP contribution in [-0.4, -0.2) is 108 Å². The van der Waals surface area contributed by atoms with Crippen LogP contribution in [0.3, 0.4) is 0 Å². The van der Waals surface area contributed by atoms with E-state index in [1.54, 1.807) is 0 Å². The maximum atomic E-state index is 9.63. The topological polar surface area (TPSA) is 124 Å². The molecule has 0 aliphatic carbocycles. The average Bonchev–Trinajstić information content (AvgIpc) is 1.14.